The molecule has 0 aliphatic rings. The monoisotopic (exact) mass is 406 g/mol. The van der Waals surface area contributed by atoms with Gasteiger partial charge >= 0.3 is 5.97 Å². The molecule has 0 spiro atoms. The van der Waals surface area contributed by atoms with Crippen molar-refractivity contribution in [1.82, 2.24) is 9.78 Å². The molecule has 0 fully saturated rings. The Hall–Kier alpha value is -2.15. The minimum Gasteiger partial charge on any atom is -0.406 e. The summed E-state index contributed by atoms with van der Waals surface area (Å²) in [4.78, 5) is 12.8. The van der Waals surface area contributed by atoms with Gasteiger partial charge in [-0.1, -0.05) is 31.5 Å². The van der Waals surface area contributed by atoms with Crippen molar-refractivity contribution in [3.63, 3.8) is 0 Å². The molecular formula is C21H30N2O4S. The molecule has 0 N–H and O–H groups in total. The van der Waals surface area contributed by atoms with Gasteiger partial charge in [-0.05, 0) is 59.6 Å². The van der Waals surface area contributed by atoms with Crippen molar-refractivity contribution in [1.29, 1.82) is 0 Å². The number of aryl methyl sites for hydroxylation is 2. The number of rotatable bonds is 6. The van der Waals surface area contributed by atoms with Crippen molar-refractivity contribution in [2.45, 2.75) is 76.6 Å². The standard InChI is InChI=1S/C21H30N2O4S/c1-8-16(9-2)20(24)27-19-18(15(4)22-23(19)21(5,6)7)28(25,26)17-12-10-14(3)11-13-17/h10-13,16H,8-9H2,1-7H3. The first kappa shape index (κ1) is 22.1. The van der Waals surface area contributed by atoms with E-state index in [9.17, 15) is 13.2 Å². The second-order valence-corrected chi connectivity index (χ2v) is 9.94. The minimum atomic E-state index is -3.90. The molecule has 0 atom stereocenters. The first-order valence-corrected chi connectivity index (χ1v) is 11.0. The summed E-state index contributed by atoms with van der Waals surface area (Å²) in [6.45, 7) is 13.0. The third-order valence-electron chi connectivity index (χ3n) is 4.72. The van der Waals surface area contributed by atoms with Gasteiger partial charge in [0.25, 0.3) is 0 Å². The summed E-state index contributed by atoms with van der Waals surface area (Å²) in [6, 6.07) is 6.61. The van der Waals surface area contributed by atoms with E-state index < -0.39 is 21.3 Å². The van der Waals surface area contributed by atoms with Gasteiger partial charge in [-0.2, -0.15) is 5.10 Å². The number of benzene rings is 1. The first-order chi connectivity index (χ1) is 12.9. The van der Waals surface area contributed by atoms with E-state index in [0.717, 1.165) is 5.56 Å². The second-order valence-electron chi connectivity index (χ2n) is 8.05. The number of carbonyl (C=O) groups excluding carboxylic acids is 1. The van der Waals surface area contributed by atoms with Gasteiger partial charge in [-0.3, -0.25) is 4.79 Å². The molecule has 0 radical (unpaired) electrons. The smallest absolute Gasteiger partial charge is 0.315 e. The summed E-state index contributed by atoms with van der Waals surface area (Å²) in [5, 5.41) is 4.42. The Morgan fingerprint density at radius 1 is 1.11 bits per heavy atom. The zero-order chi connectivity index (χ0) is 21.3. The molecule has 1 aromatic carbocycles. The molecule has 2 rings (SSSR count). The number of ether oxygens (including phenoxy) is 1. The lowest BCUT2D eigenvalue weighted by molar-refractivity contribution is -0.140. The Morgan fingerprint density at radius 3 is 2.11 bits per heavy atom. The molecule has 154 valence electrons. The maximum atomic E-state index is 13.4. The van der Waals surface area contributed by atoms with Crippen molar-refractivity contribution in [2.24, 2.45) is 5.92 Å². The summed E-state index contributed by atoms with van der Waals surface area (Å²) in [7, 11) is -3.90. The molecule has 6 nitrogen and oxygen atoms in total. The number of hydrogen-bond acceptors (Lipinski definition) is 5. The van der Waals surface area contributed by atoms with E-state index in [4.69, 9.17) is 4.74 Å². The molecule has 7 heteroatoms. The van der Waals surface area contributed by atoms with Gasteiger partial charge in [0.05, 0.1) is 22.0 Å². The summed E-state index contributed by atoms with van der Waals surface area (Å²) in [5.41, 5.74) is 0.708. The molecule has 0 saturated carbocycles. The third-order valence-corrected chi connectivity index (χ3v) is 6.62. The maximum absolute atomic E-state index is 13.4. The van der Waals surface area contributed by atoms with E-state index >= 15 is 0 Å². The fourth-order valence-corrected chi connectivity index (χ4v) is 4.50. The molecule has 0 bridgehead atoms. The largest absolute Gasteiger partial charge is 0.406 e. The number of sulfone groups is 1. The predicted molar refractivity (Wildman–Crippen MR) is 108 cm³/mol. The molecule has 0 aliphatic carbocycles. The fraction of sp³-hybridized carbons (Fsp3) is 0.524. The van der Waals surface area contributed by atoms with Crippen molar-refractivity contribution in [2.75, 3.05) is 0 Å². The van der Waals surface area contributed by atoms with Crippen LogP contribution in [0.2, 0.25) is 0 Å². The summed E-state index contributed by atoms with van der Waals surface area (Å²) >= 11 is 0. The van der Waals surface area contributed by atoms with E-state index in [1.807, 2.05) is 41.5 Å². The highest BCUT2D eigenvalue weighted by Gasteiger charge is 2.35. The normalized spacial score (nSPS) is 12.4. The quantitative estimate of drug-likeness (QED) is 0.663. The van der Waals surface area contributed by atoms with Crippen LogP contribution in [0.15, 0.2) is 34.1 Å². The van der Waals surface area contributed by atoms with Crippen molar-refractivity contribution >= 4 is 15.8 Å². The van der Waals surface area contributed by atoms with Crippen LogP contribution in [-0.2, 0) is 20.2 Å². The fourth-order valence-electron chi connectivity index (χ4n) is 2.98. The Bertz CT molecular complexity index is 948. The molecule has 2 aromatic rings. The lowest BCUT2D eigenvalue weighted by Gasteiger charge is -2.23. The highest BCUT2D eigenvalue weighted by atomic mass is 32.2. The molecular weight excluding hydrogens is 376 g/mol. The molecule has 1 heterocycles. The molecule has 28 heavy (non-hydrogen) atoms. The van der Waals surface area contributed by atoms with Gasteiger partial charge in [0.15, 0.2) is 4.90 Å². The first-order valence-electron chi connectivity index (χ1n) is 9.57. The van der Waals surface area contributed by atoms with E-state index in [2.05, 4.69) is 5.10 Å². The van der Waals surface area contributed by atoms with Crippen LogP contribution in [0, 0.1) is 19.8 Å². The van der Waals surface area contributed by atoms with Gasteiger partial charge in [-0.15, -0.1) is 0 Å². The molecule has 0 saturated heterocycles. The zero-order valence-corrected chi connectivity index (χ0v) is 18.6. The van der Waals surface area contributed by atoms with Crippen LogP contribution in [-0.4, -0.2) is 24.2 Å². The molecule has 0 unspecified atom stereocenters. The van der Waals surface area contributed by atoms with Crippen molar-refractivity contribution in [3.8, 4) is 5.88 Å². The van der Waals surface area contributed by atoms with Crippen molar-refractivity contribution in [3.05, 3.63) is 35.5 Å². The van der Waals surface area contributed by atoms with Crippen LogP contribution in [0.25, 0.3) is 0 Å². The van der Waals surface area contributed by atoms with Gasteiger partial charge < -0.3 is 4.74 Å². The van der Waals surface area contributed by atoms with Crippen molar-refractivity contribution < 1.29 is 17.9 Å². The minimum absolute atomic E-state index is 0.0116. The Labute approximate surface area is 167 Å². The zero-order valence-electron chi connectivity index (χ0n) is 17.7. The van der Waals surface area contributed by atoms with Gasteiger partial charge in [-0.25, -0.2) is 13.1 Å². The predicted octanol–water partition coefficient (Wildman–Crippen LogP) is 4.43. The van der Waals surface area contributed by atoms with E-state index in [1.165, 1.54) is 4.68 Å². The average Bonchev–Trinajstić information content (AvgIpc) is 2.93. The highest BCUT2D eigenvalue weighted by molar-refractivity contribution is 7.91. The Morgan fingerprint density at radius 2 is 1.64 bits per heavy atom. The lowest BCUT2D eigenvalue weighted by atomic mass is 10.0. The number of esters is 1. The van der Waals surface area contributed by atoms with Gasteiger partial charge in [0.1, 0.15) is 0 Å². The Balaban J connectivity index is 2.68. The highest BCUT2D eigenvalue weighted by Crippen LogP contribution is 2.36. The molecule has 1 aromatic heterocycles. The SMILES string of the molecule is CCC(CC)C(=O)Oc1c(S(=O)(=O)c2ccc(C)cc2)c(C)nn1C(C)(C)C. The van der Waals surface area contributed by atoms with Crippen LogP contribution in [0.4, 0.5) is 0 Å². The topological polar surface area (TPSA) is 78.3 Å². The van der Waals surface area contributed by atoms with Crippen LogP contribution in [0.1, 0.15) is 58.7 Å². The Kier molecular flexibility index (Phi) is 6.38. The van der Waals surface area contributed by atoms with Crippen LogP contribution < -0.4 is 4.74 Å². The third kappa shape index (κ3) is 4.29. The molecule has 0 amide bonds. The van der Waals surface area contributed by atoms with Crippen LogP contribution >= 0.6 is 0 Å². The van der Waals surface area contributed by atoms with Gasteiger partial charge in [0.2, 0.25) is 15.7 Å². The summed E-state index contributed by atoms with van der Waals surface area (Å²) in [6.07, 6.45) is 1.25. The summed E-state index contributed by atoms with van der Waals surface area (Å²) in [5.74, 6) is -0.739. The maximum Gasteiger partial charge on any atom is 0.315 e. The van der Waals surface area contributed by atoms with E-state index in [0.29, 0.717) is 18.5 Å². The molecule has 0 aliphatic heterocycles. The summed E-state index contributed by atoms with van der Waals surface area (Å²) < 4.78 is 33.9. The number of hydrogen-bond donors (Lipinski definition) is 0. The average molecular weight is 407 g/mol. The number of aromatic nitrogens is 2. The number of carbonyl (C=O) groups is 1. The van der Waals surface area contributed by atoms with E-state index in [1.54, 1.807) is 31.2 Å². The number of nitrogens with zero attached hydrogens (tertiary/aromatic N) is 2. The second kappa shape index (κ2) is 8.07. The van der Waals surface area contributed by atoms with Gasteiger partial charge in [0, 0.05) is 0 Å². The van der Waals surface area contributed by atoms with Crippen LogP contribution in [0.5, 0.6) is 5.88 Å². The van der Waals surface area contributed by atoms with E-state index in [-0.39, 0.29) is 21.6 Å². The lowest BCUT2D eigenvalue weighted by Crippen LogP contribution is -2.28. The van der Waals surface area contributed by atoms with Crippen LogP contribution in [0.3, 0.4) is 0 Å².